The van der Waals surface area contributed by atoms with E-state index in [-0.39, 0.29) is 17.8 Å². The Balaban J connectivity index is 2.18. The Bertz CT molecular complexity index is 624. The van der Waals surface area contributed by atoms with Gasteiger partial charge in [0.15, 0.2) is 0 Å². The van der Waals surface area contributed by atoms with Crippen LogP contribution in [0.25, 0.3) is 10.6 Å². The number of hydrogen-bond donors (Lipinski definition) is 2. The maximum atomic E-state index is 13.0. The fourth-order valence-electron chi connectivity index (χ4n) is 2.04. The van der Waals surface area contributed by atoms with Crippen LogP contribution in [0.5, 0.6) is 0 Å². The van der Waals surface area contributed by atoms with E-state index in [1.807, 2.05) is 13.8 Å². The highest BCUT2D eigenvalue weighted by molar-refractivity contribution is 7.15. The maximum Gasteiger partial charge on any atom is 0.221 e. The van der Waals surface area contributed by atoms with Crippen molar-refractivity contribution in [2.75, 3.05) is 6.54 Å². The van der Waals surface area contributed by atoms with Crippen LogP contribution in [0.1, 0.15) is 30.0 Å². The molecule has 0 aliphatic carbocycles. The number of thiazole rings is 1. The zero-order chi connectivity index (χ0) is 15.4. The van der Waals surface area contributed by atoms with Gasteiger partial charge < -0.3 is 11.1 Å². The first-order chi connectivity index (χ1) is 10.0. The quantitative estimate of drug-likeness (QED) is 0.892. The van der Waals surface area contributed by atoms with Crippen LogP contribution in [0.15, 0.2) is 24.3 Å². The second-order valence-electron chi connectivity index (χ2n) is 4.80. The minimum atomic E-state index is -0.269. The molecule has 0 spiro atoms. The van der Waals surface area contributed by atoms with Gasteiger partial charge in [0.2, 0.25) is 5.91 Å². The smallest absolute Gasteiger partial charge is 0.221 e. The van der Waals surface area contributed by atoms with E-state index in [9.17, 15) is 9.18 Å². The second kappa shape index (κ2) is 6.78. The van der Waals surface area contributed by atoms with Crippen LogP contribution in [0.2, 0.25) is 0 Å². The number of hydrogen-bond acceptors (Lipinski definition) is 4. The van der Waals surface area contributed by atoms with E-state index in [1.165, 1.54) is 23.5 Å². The first kappa shape index (κ1) is 15.6. The third-order valence-corrected chi connectivity index (χ3v) is 4.46. The normalized spacial score (nSPS) is 12.2. The number of benzene rings is 1. The highest BCUT2D eigenvalue weighted by Gasteiger charge is 2.16. The van der Waals surface area contributed by atoms with Crippen molar-refractivity contribution in [1.29, 1.82) is 0 Å². The molecule has 1 aromatic heterocycles. The van der Waals surface area contributed by atoms with Crippen LogP contribution < -0.4 is 11.1 Å². The highest BCUT2D eigenvalue weighted by atomic mass is 32.1. The van der Waals surface area contributed by atoms with Gasteiger partial charge in [0.1, 0.15) is 10.8 Å². The van der Waals surface area contributed by atoms with Crippen molar-refractivity contribution in [2.45, 2.75) is 26.3 Å². The van der Waals surface area contributed by atoms with Crippen LogP contribution >= 0.6 is 11.3 Å². The number of amides is 1. The van der Waals surface area contributed by atoms with Crippen LogP contribution in [0, 0.1) is 12.7 Å². The summed E-state index contributed by atoms with van der Waals surface area (Å²) in [5.41, 5.74) is 7.11. The summed E-state index contributed by atoms with van der Waals surface area (Å²) >= 11 is 1.51. The van der Waals surface area contributed by atoms with Gasteiger partial charge in [-0.1, -0.05) is 0 Å². The molecule has 0 aliphatic heterocycles. The predicted molar refractivity (Wildman–Crippen MR) is 82.5 cm³/mol. The Kier molecular flexibility index (Phi) is 5.03. The maximum absolute atomic E-state index is 13.0. The van der Waals surface area contributed by atoms with E-state index in [0.29, 0.717) is 13.0 Å². The van der Waals surface area contributed by atoms with E-state index in [1.54, 1.807) is 12.1 Å². The molecule has 2 rings (SSSR count). The number of carbonyl (C=O) groups is 1. The van der Waals surface area contributed by atoms with Gasteiger partial charge in [0, 0.05) is 18.5 Å². The summed E-state index contributed by atoms with van der Waals surface area (Å²) in [6, 6.07) is 6.12. The molecule has 0 aliphatic rings. The molecule has 0 radical (unpaired) electrons. The lowest BCUT2D eigenvalue weighted by molar-refractivity contribution is -0.121. The van der Waals surface area contributed by atoms with E-state index in [0.717, 1.165) is 21.1 Å². The minimum Gasteiger partial charge on any atom is -0.349 e. The molecule has 1 atom stereocenters. The zero-order valence-electron chi connectivity index (χ0n) is 12.0. The third-order valence-electron chi connectivity index (χ3n) is 3.07. The van der Waals surface area contributed by atoms with Gasteiger partial charge in [-0.25, -0.2) is 9.37 Å². The lowest BCUT2D eigenvalue weighted by Crippen LogP contribution is -2.28. The van der Waals surface area contributed by atoms with Gasteiger partial charge in [-0.05, 0) is 38.1 Å². The van der Waals surface area contributed by atoms with E-state index >= 15 is 0 Å². The summed E-state index contributed by atoms with van der Waals surface area (Å²) in [4.78, 5) is 17.1. The van der Waals surface area contributed by atoms with Gasteiger partial charge in [-0.3, -0.25) is 4.79 Å². The number of nitrogens with zero attached hydrogens (tertiary/aromatic N) is 1. The molecule has 4 nitrogen and oxygen atoms in total. The number of carbonyl (C=O) groups excluding carboxylic acids is 1. The first-order valence-corrected chi connectivity index (χ1v) is 7.55. The van der Waals surface area contributed by atoms with Crippen molar-refractivity contribution in [1.82, 2.24) is 10.3 Å². The molecule has 1 amide bonds. The van der Waals surface area contributed by atoms with E-state index in [2.05, 4.69) is 10.3 Å². The zero-order valence-corrected chi connectivity index (χ0v) is 12.8. The highest BCUT2D eigenvalue weighted by Crippen LogP contribution is 2.31. The molecule has 1 heterocycles. The number of halogens is 1. The molecule has 1 unspecified atom stereocenters. The van der Waals surface area contributed by atoms with Crippen LogP contribution in [0.3, 0.4) is 0 Å². The summed E-state index contributed by atoms with van der Waals surface area (Å²) < 4.78 is 13.0. The van der Waals surface area contributed by atoms with Gasteiger partial charge in [-0.15, -0.1) is 11.3 Å². The molecular weight excluding hydrogens is 289 g/mol. The van der Waals surface area contributed by atoms with Gasteiger partial charge in [-0.2, -0.15) is 0 Å². The van der Waals surface area contributed by atoms with Gasteiger partial charge >= 0.3 is 0 Å². The Morgan fingerprint density at radius 1 is 1.43 bits per heavy atom. The van der Waals surface area contributed by atoms with Gasteiger partial charge in [0.05, 0.1) is 16.6 Å². The number of nitrogens with two attached hydrogens (primary N) is 1. The Labute approximate surface area is 127 Å². The topological polar surface area (TPSA) is 68.0 Å². The van der Waals surface area contributed by atoms with Crippen molar-refractivity contribution < 1.29 is 9.18 Å². The minimum absolute atomic E-state index is 0.0684. The third kappa shape index (κ3) is 3.86. The lowest BCUT2D eigenvalue weighted by Gasteiger charge is -2.12. The first-order valence-electron chi connectivity index (χ1n) is 6.74. The number of aryl methyl sites for hydroxylation is 1. The summed E-state index contributed by atoms with van der Waals surface area (Å²) in [5.74, 6) is -0.337. The van der Waals surface area contributed by atoms with Gasteiger partial charge in [0.25, 0.3) is 0 Å². The molecule has 0 bridgehead atoms. The van der Waals surface area contributed by atoms with Crippen molar-refractivity contribution in [3.8, 4) is 10.6 Å². The molecule has 0 fully saturated rings. The van der Waals surface area contributed by atoms with Crippen molar-refractivity contribution in [2.24, 2.45) is 5.73 Å². The number of nitrogens with one attached hydrogen (secondary N) is 1. The molecule has 3 N–H and O–H groups in total. The van der Waals surface area contributed by atoms with Crippen molar-refractivity contribution >= 4 is 17.2 Å². The fourth-order valence-corrected chi connectivity index (χ4v) is 3.11. The Morgan fingerprint density at radius 3 is 2.71 bits per heavy atom. The Morgan fingerprint density at radius 2 is 2.10 bits per heavy atom. The Hall–Kier alpha value is -1.79. The summed E-state index contributed by atoms with van der Waals surface area (Å²) in [6.07, 6.45) is 0.313. The largest absolute Gasteiger partial charge is 0.349 e. The molecule has 6 heteroatoms. The number of aromatic nitrogens is 1. The van der Waals surface area contributed by atoms with Crippen LogP contribution in [-0.4, -0.2) is 17.4 Å². The molecule has 0 saturated heterocycles. The van der Waals surface area contributed by atoms with E-state index < -0.39 is 0 Å². The molecule has 112 valence electrons. The summed E-state index contributed by atoms with van der Waals surface area (Å²) in [7, 11) is 0. The molecule has 21 heavy (non-hydrogen) atoms. The van der Waals surface area contributed by atoms with E-state index in [4.69, 9.17) is 5.73 Å². The molecule has 2 aromatic rings. The lowest BCUT2D eigenvalue weighted by atomic mass is 10.2. The second-order valence-corrected chi connectivity index (χ2v) is 5.83. The standard InChI is InChI=1S/C15H18FN3OS/c1-9(18-13(20)7-8-17)14-10(2)19-15(21-14)11-3-5-12(16)6-4-11/h3-6,9H,7-8,17H2,1-2H3,(H,18,20). The van der Waals surface area contributed by atoms with Crippen molar-refractivity contribution in [3.63, 3.8) is 0 Å². The summed E-state index contributed by atoms with van der Waals surface area (Å²) in [5, 5.41) is 3.73. The molecular formula is C15H18FN3OS. The average Bonchev–Trinajstić information content (AvgIpc) is 2.82. The van der Waals surface area contributed by atoms with Crippen molar-refractivity contribution in [3.05, 3.63) is 40.7 Å². The predicted octanol–water partition coefficient (Wildman–Crippen LogP) is 2.78. The monoisotopic (exact) mass is 307 g/mol. The number of rotatable bonds is 5. The fraction of sp³-hybridized carbons (Fsp3) is 0.333. The SMILES string of the molecule is Cc1nc(-c2ccc(F)cc2)sc1C(C)NC(=O)CCN. The average molecular weight is 307 g/mol. The summed E-state index contributed by atoms with van der Waals surface area (Å²) in [6.45, 7) is 4.16. The molecule has 1 aromatic carbocycles. The van der Waals surface area contributed by atoms with Crippen LogP contribution in [-0.2, 0) is 4.79 Å². The molecule has 0 saturated carbocycles. The van der Waals surface area contributed by atoms with Crippen LogP contribution in [0.4, 0.5) is 4.39 Å².